The summed E-state index contributed by atoms with van der Waals surface area (Å²) in [5, 5.41) is 18.6. The first kappa shape index (κ1) is 26.3. The summed E-state index contributed by atoms with van der Waals surface area (Å²) in [7, 11) is 0. The quantitative estimate of drug-likeness (QED) is 0.206. The van der Waals surface area contributed by atoms with Crippen LogP contribution in [0.2, 0.25) is 0 Å². The fourth-order valence-corrected chi connectivity index (χ4v) is 1.85. The van der Waals surface area contributed by atoms with E-state index in [1.165, 1.54) is 0 Å². The van der Waals surface area contributed by atoms with Gasteiger partial charge in [0, 0.05) is 18.9 Å². The van der Waals surface area contributed by atoms with Crippen molar-refractivity contribution in [2.45, 2.75) is 72.7 Å². The molecular weight excluding hydrogens is 316 g/mol. The second kappa shape index (κ2) is 17.9. The van der Waals surface area contributed by atoms with Crippen molar-refractivity contribution in [2.75, 3.05) is 19.8 Å². The first-order valence-corrected chi connectivity index (χ1v) is 9.37. The first-order valence-electron chi connectivity index (χ1n) is 9.37. The van der Waals surface area contributed by atoms with Gasteiger partial charge in [-0.15, -0.1) is 0 Å². The third-order valence-electron chi connectivity index (χ3n) is 3.39. The smallest absolute Gasteiger partial charge is 0.160 e. The summed E-state index contributed by atoms with van der Waals surface area (Å²) >= 11 is 0. The van der Waals surface area contributed by atoms with E-state index in [0.29, 0.717) is 19.6 Å². The van der Waals surface area contributed by atoms with Crippen LogP contribution in [0.5, 0.6) is 0 Å². The number of rotatable bonds is 14. The lowest BCUT2D eigenvalue weighted by atomic mass is 10.1. The lowest BCUT2D eigenvalue weighted by Gasteiger charge is -2.21. The third kappa shape index (κ3) is 17.7. The van der Waals surface area contributed by atoms with Gasteiger partial charge in [-0.05, 0) is 33.1 Å². The van der Waals surface area contributed by atoms with Crippen LogP contribution in [0.15, 0.2) is 36.5 Å². The minimum atomic E-state index is -0.487. The summed E-state index contributed by atoms with van der Waals surface area (Å²) in [6.45, 7) is 18.2. The second-order valence-electron chi connectivity index (χ2n) is 6.25. The molecule has 2 N–H and O–H groups in total. The fourth-order valence-electron chi connectivity index (χ4n) is 1.85. The van der Waals surface area contributed by atoms with Crippen LogP contribution in [0.25, 0.3) is 0 Å². The molecular formula is C21H40O4. The zero-order chi connectivity index (χ0) is 19.7. The number of unbranched alkanes of at least 4 members (excludes halogenated alkanes) is 1. The molecule has 0 radical (unpaired) electrons. The van der Waals surface area contributed by atoms with Gasteiger partial charge in [-0.3, -0.25) is 0 Å². The van der Waals surface area contributed by atoms with Crippen molar-refractivity contribution < 1.29 is 19.7 Å². The Kier molecular flexibility index (Phi) is 18.8. The Hall–Kier alpha value is -0.940. The summed E-state index contributed by atoms with van der Waals surface area (Å²) in [5.41, 5.74) is 2.21. The maximum absolute atomic E-state index is 9.52. The van der Waals surface area contributed by atoms with E-state index in [4.69, 9.17) is 14.6 Å². The van der Waals surface area contributed by atoms with E-state index in [1.54, 1.807) is 13.0 Å². The van der Waals surface area contributed by atoms with Crippen LogP contribution in [0.3, 0.4) is 0 Å². The molecule has 0 fully saturated rings. The van der Waals surface area contributed by atoms with Gasteiger partial charge in [-0.2, -0.15) is 0 Å². The molecule has 2 unspecified atom stereocenters. The Labute approximate surface area is 155 Å². The zero-order valence-electron chi connectivity index (χ0n) is 17.0. The molecule has 0 amide bonds. The number of hydrogen-bond acceptors (Lipinski definition) is 4. The maximum Gasteiger partial charge on any atom is 0.160 e. The second-order valence-corrected chi connectivity index (χ2v) is 6.25. The van der Waals surface area contributed by atoms with Crippen molar-refractivity contribution in [3.63, 3.8) is 0 Å². The molecule has 25 heavy (non-hydrogen) atoms. The number of aliphatic hydroxyl groups excluding tert-OH is 2. The van der Waals surface area contributed by atoms with Gasteiger partial charge in [-0.1, -0.05) is 57.2 Å². The highest BCUT2D eigenvalue weighted by Crippen LogP contribution is 2.11. The molecule has 4 nitrogen and oxygen atoms in total. The average molecular weight is 357 g/mol. The molecule has 148 valence electrons. The molecule has 0 heterocycles. The highest BCUT2D eigenvalue weighted by molar-refractivity contribution is 5.10. The Bertz CT molecular complexity index is 361. The van der Waals surface area contributed by atoms with E-state index in [0.717, 1.165) is 30.4 Å². The van der Waals surface area contributed by atoms with E-state index in [2.05, 4.69) is 19.2 Å². The van der Waals surface area contributed by atoms with Crippen molar-refractivity contribution in [2.24, 2.45) is 5.92 Å². The molecule has 0 aliphatic heterocycles. The summed E-state index contributed by atoms with van der Waals surface area (Å²) < 4.78 is 11.4. The van der Waals surface area contributed by atoms with Crippen molar-refractivity contribution in [1.29, 1.82) is 0 Å². The molecule has 0 bridgehead atoms. The van der Waals surface area contributed by atoms with Gasteiger partial charge in [0.2, 0.25) is 0 Å². The summed E-state index contributed by atoms with van der Waals surface area (Å²) in [6.07, 6.45) is 6.42. The summed E-state index contributed by atoms with van der Waals surface area (Å²) in [5.74, 6) is 0.0599. The van der Waals surface area contributed by atoms with Gasteiger partial charge < -0.3 is 19.7 Å². The van der Waals surface area contributed by atoms with Gasteiger partial charge in [-0.25, -0.2) is 0 Å². The summed E-state index contributed by atoms with van der Waals surface area (Å²) in [6, 6.07) is 0. The van der Waals surface area contributed by atoms with E-state index in [9.17, 15) is 5.11 Å². The highest BCUT2D eigenvalue weighted by atomic mass is 16.7. The maximum atomic E-state index is 9.52. The van der Waals surface area contributed by atoms with Gasteiger partial charge in [0.25, 0.3) is 0 Å². The lowest BCUT2D eigenvalue weighted by molar-refractivity contribution is -0.159. The Morgan fingerprint density at radius 3 is 2.36 bits per heavy atom. The molecule has 0 aliphatic rings. The van der Waals surface area contributed by atoms with Crippen molar-refractivity contribution in [3.05, 3.63) is 36.5 Å². The standard InChI is InChI=1S/C19H34O4.C2H6/c1-6-15(2)9-7-8-10-16(3)13-22-19(11-18(5)21)23-14-17(4)12-20;1-2/h6,10,17-21H,1-2,7-9,11-14H2,3-5H3;1-2H3/t17-,18?,19?;/m0./s1. The number of hydrogen-bond donors (Lipinski definition) is 2. The Morgan fingerprint density at radius 2 is 1.84 bits per heavy atom. The molecule has 3 atom stereocenters. The van der Waals surface area contributed by atoms with Gasteiger partial charge in [0.1, 0.15) is 0 Å². The molecule has 0 aliphatic carbocycles. The molecule has 4 heteroatoms. The monoisotopic (exact) mass is 356 g/mol. The van der Waals surface area contributed by atoms with Gasteiger partial charge >= 0.3 is 0 Å². The highest BCUT2D eigenvalue weighted by Gasteiger charge is 2.14. The van der Waals surface area contributed by atoms with Crippen molar-refractivity contribution in [3.8, 4) is 0 Å². The van der Waals surface area contributed by atoms with E-state index in [-0.39, 0.29) is 12.5 Å². The van der Waals surface area contributed by atoms with Crippen LogP contribution in [-0.4, -0.2) is 42.4 Å². The van der Waals surface area contributed by atoms with Crippen LogP contribution in [-0.2, 0) is 9.47 Å². The average Bonchev–Trinajstić information content (AvgIpc) is 2.61. The largest absolute Gasteiger partial charge is 0.396 e. The van der Waals surface area contributed by atoms with E-state index in [1.807, 2.05) is 27.7 Å². The van der Waals surface area contributed by atoms with Crippen LogP contribution in [0.1, 0.15) is 60.3 Å². The van der Waals surface area contributed by atoms with Crippen LogP contribution >= 0.6 is 0 Å². The molecule has 0 aromatic heterocycles. The van der Waals surface area contributed by atoms with Crippen molar-refractivity contribution >= 4 is 0 Å². The minimum absolute atomic E-state index is 0.0599. The SMILES string of the molecule is C=CC(=C)CCCC=C(C)COC(CC(C)O)OC[C@@H](C)CO.CC. The third-order valence-corrected chi connectivity index (χ3v) is 3.39. The van der Waals surface area contributed by atoms with Crippen LogP contribution in [0.4, 0.5) is 0 Å². The minimum Gasteiger partial charge on any atom is -0.396 e. The number of ether oxygens (including phenoxy) is 2. The van der Waals surface area contributed by atoms with Gasteiger partial charge in [0.15, 0.2) is 6.29 Å². The molecule has 0 spiro atoms. The predicted molar refractivity (Wildman–Crippen MR) is 107 cm³/mol. The lowest BCUT2D eigenvalue weighted by Crippen LogP contribution is -2.26. The Morgan fingerprint density at radius 1 is 1.20 bits per heavy atom. The topological polar surface area (TPSA) is 58.9 Å². The molecule has 0 aromatic carbocycles. The van der Waals surface area contributed by atoms with E-state index >= 15 is 0 Å². The summed E-state index contributed by atoms with van der Waals surface area (Å²) in [4.78, 5) is 0. The van der Waals surface area contributed by atoms with Crippen LogP contribution < -0.4 is 0 Å². The van der Waals surface area contributed by atoms with Crippen molar-refractivity contribution in [1.82, 2.24) is 0 Å². The number of allylic oxidation sites excluding steroid dienone is 3. The van der Waals surface area contributed by atoms with Gasteiger partial charge in [0.05, 0.1) is 19.3 Å². The normalized spacial score (nSPS) is 14.9. The Balaban J connectivity index is 0. The molecule has 0 aromatic rings. The zero-order valence-corrected chi connectivity index (χ0v) is 17.0. The predicted octanol–water partition coefficient (Wildman–Crippen LogP) is 4.63. The fraction of sp³-hybridized carbons (Fsp3) is 0.714. The molecule has 0 saturated carbocycles. The first-order chi connectivity index (χ1) is 11.9. The van der Waals surface area contributed by atoms with Crippen LogP contribution in [0, 0.1) is 5.92 Å². The molecule has 0 saturated heterocycles. The molecule has 0 rings (SSSR count). The van der Waals surface area contributed by atoms with E-state index < -0.39 is 12.4 Å². The number of aliphatic hydroxyl groups is 2.